The van der Waals surface area contributed by atoms with E-state index in [9.17, 15) is 22.8 Å². The number of urea groups is 1. The summed E-state index contributed by atoms with van der Waals surface area (Å²) in [5, 5.41) is 13.4. The molecule has 1 saturated heterocycles. The molecular formula is C13H16F3N3O3S. The number of anilines is 1. The molecule has 0 aliphatic carbocycles. The van der Waals surface area contributed by atoms with Crippen LogP contribution in [0.4, 0.5) is 23.1 Å². The molecule has 2 atom stereocenters. The number of aromatic nitrogens is 1. The molecule has 0 aromatic carbocycles. The van der Waals surface area contributed by atoms with Crippen LogP contribution in [0.2, 0.25) is 0 Å². The van der Waals surface area contributed by atoms with Crippen molar-refractivity contribution in [3.63, 3.8) is 0 Å². The third kappa shape index (κ3) is 3.92. The molecular weight excluding hydrogens is 335 g/mol. The summed E-state index contributed by atoms with van der Waals surface area (Å²) in [5.74, 6) is -5.11. The van der Waals surface area contributed by atoms with Gasteiger partial charge in [0.25, 0.3) is 0 Å². The fraction of sp³-hybridized carbons (Fsp3) is 0.615. The number of carboxylic acids is 1. The average molecular weight is 351 g/mol. The van der Waals surface area contributed by atoms with Gasteiger partial charge in [-0.1, -0.05) is 13.8 Å². The quantitative estimate of drug-likeness (QED) is 0.877. The Bertz CT molecular complexity index is 603. The van der Waals surface area contributed by atoms with Crippen LogP contribution in [0.25, 0.3) is 0 Å². The molecule has 10 heteroatoms. The van der Waals surface area contributed by atoms with Crippen molar-refractivity contribution in [2.75, 3.05) is 18.4 Å². The van der Waals surface area contributed by atoms with Crippen LogP contribution in [-0.4, -0.2) is 46.3 Å². The molecule has 6 nitrogen and oxygen atoms in total. The third-order valence-electron chi connectivity index (χ3n) is 3.67. The van der Waals surface area contributed by atoms with Gasteiger partial charge in [-0.3, -0.25) is 10.1 Å². The van der Waals surface area contributed by atoms with E-state index in [0.717, 1.165) is 10.6 Å². The molecule has 2 rings (SSSR count). The first-order valence-corrected chi connectivity index (χ1v) is 7.78. The summed E-state index contributed by atoms with van der Waals surface area (Å²) >= 11 is 1.17. The van der Waals surface area contributed by atoms with Gasteiger partial charge in [-0.05, 0) is 5.92 Å². The van der Waals surface area contributed by atoms with E-state index >= 15 is 0 Å². The zero-order valence-corrected chi connectivity index (χ0v) is 13.2. The molecule has 1 fully saturated rings. The van der Waals surface area contributed by atoms with Crippen LogP contribution in [0.5, 0.6) is 0 Å². The molecule has 0 bridgehead atoms. The second-order valence-corrected chi connectivity index (χ2v) is 6.52. The lowest BCUT2D eigenvalue weighted by atomic mass is 9.96. The SMILES string of the molecule is CC(C)c1csc(NC(=O)N2C[C@@H](C(F)(F)F)[C@H](C(=O)O)C2)n1. The second kappa shape index (κ2) is 6.34. The maximum atomic E-state index is 12.9. The summed E-state index contributed by atoms with van der Waals surface area (Å²) in [5.41, 5.74) is 0.767. The van der Waals surface area contributed by atoms with Crippen molar-refractivity contribution in [1.29, 1.82) is 0 Å². The van der Waals surface area contributed by atoms with Gasteiger partial charge < -0.3 is 10.0 Å². The van der Waals surface area contributed by atoms with Gasteiger partial charge in [-0.15, -0.1) is 11.3 Å². The summed E-state index contributed by atoms with van der Waals surface area (Å²) in [7, 11) is 0. The number of nitrogens with one attached hydrogen (secondary N) is 1. The number of hydrogen-bond acceptors (Lipinski definition) is 4. The number of thiazole rings is 1. The molecule has 23 heavy (non-hydrogen) atoms. The van der Waals surface area contributed by atoms with Crippen LogP contribution in [0, 0.1) is 11.8 Å². The number of nitrogens with zero attached hydrogens (tertiary/aromatic N) is 2. The lowest BCUT2D eigenvalue weighted by molar-refractivity contribution is -0.187. The van der Waals surface area contributed by atoms with E-state index in [-0.39, 0.29) is 11.0 Å². The number of rotatable bonds is 3. The fourth-order valence-electron chi connectivity index (χ4n) is 2.33. The Hall–Kier alpha value is -1.84. The number of carbonyl (C=O) groups is 2. The van der Waals surface area contributed by atoms with Crippen LogP contribution in [0.15, 0.2) is 5.38 Å². The number of carbonyl (C=O) groups excluding carboxylic acids is 1. The van der Waals surface area contributed by atoms with Crippen molar-refractivity contribution in [2.24, 2.45) is 11.8 Å². The highest BCUT2D eigenvalue weighted by Gasteiger charge is 2.53. The van der Waals surface area contributed by atoms with Gasteiger partial charge in [-0.25, -0.2) is 9.78 Å². The Morgan fingerprint density at radius 1 is 1.43 bits per heavy atom. The van der Waals surface area contributed by atoms with Gasteiger partial charge in [0.15, 0.2) is 5.13 Å². The Kier molecular flexibility index (Phi) is 4.83. The topological polar surface area (TPSA) is 82.5 Å². The number of alkyl halides is 3. The molecule has 1 aliphatic heterocycles. The predicted molar refractivity (Wildman–Crippen MR) is 77.5 cm³/mol. The summed E-state index contributed by atoms with van der Waals surface area (Å²) in [6.45, 7) is 2.70. The molecule has 0 spiro atoms. The lowest BCUT2D eigenvalue weighted by Gasteiger charge is -2.18. The van der Waals surface area contributed by atoms with Gasteiger partial charge in [0.2, 0.25) is 0 Å². The third-order valence-corrected chi connectivity index (χ3v) is 4.45. The van der Waals surface area contributed by atoms with Gasteiger partial charge in [-0.2, -0.15) is 13.2 Å². The Balaban J connectivity index is 2.06. The Labute approximate surface area is 134 Å². The molecule has 2 N–H and O–H groups in total. The van der Waals surface area contributed by atoms with E-state index in [0.29, 0.717) is 0 Å². The number of carboxylic acid groups (broad SMARTS) is 1. The normalized spacial score (nSPS) is 21.7. The van der Waals surface area contributed by atoms with Crippen LogP contribution >= 0.6 is 11.3 Å². The molecule has 1 aliphatic rings. The molecule has 2 heterocycles. The first-order valence-electron chi connectivity index (χ1n) is 6.90. The van der Waals surface area contributed by atoms with E-state index in [1.165, 1.54) is 11.3 Å². The summed E-state index contributed by atoms with van der Waals surface area (Å²) in [6.07, 6.45) is -4.66. The molecule has 1 aromatic heterocycles. The van der Waals surface area contributed by atoms with Gasteiger partial charge in [0.1, 0.15) is 0 Å². The van der Waals surface area contributed by atoms with E-state index < -0.39 is 43.1 Å². The van der Waals surface area contributed by atoms with Gasteiger partial charge in [0, 0.05) is 18.5 Å². The maximum Gasteiger partial charge on any atom is 0.394 e. The van der Waals surface area contributed by atoms with Crippen LogP contribution < -0.4 is 5.32 Å². The number of hydrogen-bond donors (Lipinski definition) is 2. The molecule has 1 aromatic rings. The molecule has 0 saturated carbocycles. The molecule has 0 unspecified atom stereocenters. The number of aliphatic carboxylic acids is 1. The highest BCUT2D eigenvalue weighted by molar-refractivity contribution is 7.13. The summed E-state index contributed by atoms with van der Waals surface area (Å²) in [4.78, 5) is 28.1. The Morgan fingerprint density at radius 3 is 2.52 bits per heavy atom. The minimum atomic E-state index is -4.66. The van der Waals surface area contributed by atoms with Crippen molar-refractivity contribution < 1.29 is 27.9 Å². The standard InChI is InChI=1S/C13H16F3N3O3S/c1-6(2)9-5-23-11(17-9)18-12(22)19-3-7(10(20)21)8(4-19)13(14,15)16/h5-8H,3-4H2,1-2H3,(H,20,21)(H,17,18,22)/t7-,8-/m1/s1. The zero-order chi connectivity index (χ0) is 17.4. The lowest BCUT2D eigenvalue weighted by Crippen LogP contribution is -2.35. The monoisotopic (exact) mass is 351 g/mol. The van der Waals surface area contributed by atoms with E-state index in [1.54, 1.807) is 5.38 Å². The van der Waals surface area contributed by atoms with Gasteiger partial charge >= 0.3 is 18.2 Å². The minimum Gasteiger partial charge on any atom is -0.481 e. The zero-order valence-electron chi connectivity index (χ0n) is 12.4. The smallest absolute Gasteiger partial charge is 0.394 e. The minimum absolute atomic E-state index is 0.162. The summed E-state index contributed by atoms with van der Waals surface area (Å²) in [6, 6.07) is -0.771. The first kappa shape index (κ1) is 17.5. The number of amides is 2. The fourth-order valence-corrected chi connectivity index (χ4v) is 3.19. The van der Waals surface area contributed by atoms with Crippen molar-refractivity contribution in [2.45, 2.75) is 25.9 Å². The van der Waals surface area contributed by atoms with Crippen molar-refractivity contribution in [3.8, 4) is 0 Å². The van der Waals surface area contributed by atoms with Crippen molar-refractivity contribution >= 4 is 28.5 Å². The number of likely N-dealkylation sites (tertiary alicyclic amines) is 1. The average Bonchev–Trinajstić information content (AvgIpc) is 3.03. The maximum absolute atomic E-state index is 12.9. The first-order chi connectivity index (χ1) is 10.6. The van der Waals surface area contributed by atoms with Crippen molar-refractivity contribution in [1.82, 2.24) is 9.88 Å². The van der Waals surface area contributed by atoms with Crippen LogP contribution in [-0.2, 0) is 4.79 Å². The highest BCUT2D eigenvalue weighted by atomic mass is 32.1. The Morgan fingerprint density at radius 2 is 2.09 bits per heavy atom. The molecule has 2 amide bonds. The van der Waals surface area contributed by atoms with E-state index in [1.807, 2.05) is 13.8 Å². The number of halogens is 3. The highest BCUT2D eigenvalue weighted by Crippen LogP contribution is 2.38. The molecule has 128 valence electrons. The largest absolute Gasteiger partial charge is 0.481 e. The van der Waals surface area contributed by atoms with E-state index in [2.05, 4.69) is 10.3 Å². The summed E-state index contributed by atoms with van der Waals surface area (Å²) < 4.78 is 38.7. The predicted octanol–water partition coefficient (Wildman–Crippen LogP) is 2.99. The van der Waals surface area contributed by atoms with Gasteiger partial charge in [0.05, 0.1) is 17.5 Å². The van der Waals surface area contributed by atoms with Crippen LogP contribution in [0.1, 0.15) is 25.5 Å². The van der Waals surface area contributed by atoms with Crippen LogP contribution in [0.3, 0.4) is 0 Å². The van der Waals surface area contributed by atoms with Crippen molar-refractivity contribution in [3.05, 3.63) is 11.1 Å². The second-order valence-electron chi connectivity index (χ2n) is 5.66. The van der Waals surface area contributed by atoms with E-state index in [4.69, 9.17) is 5.11 Å². The molecule has 0 radical (unpaired) electrons.